The third-order valence-electron chi connectivity index (χ3n) is 6.03. The van der Waals surface area contributed by atoms with E-state index < -0.39 is 5.82 Å². The number of nitrogens with zero attached hydrogens (tertiary/aromatic N) is 3. The van der Waals surface area contributed by atoms with Crippen LogP contribution >= 0.6 is 0 Å². The van der Waals surface area contributed by atoms with Gasteiger partial charge in [-0.25, -0.2) is 4.39 Å². The Morgan fingerprint density at radius 1 is 1.09 bits per heavy atom. The lowest BCUT2D eigenvalue weighted by atomic mass is 9.96. The Morgan fingerprint density at radius 2 is 1.75 bits per heavy atom. The van der Waals surface area contributed by atoms with Gasteiger partial charge in [-0.15, -0.1) is 0 Å². The molecule has 2 aromatic carbocycles. The number of benzene rings is 2. The summed E-state index contributed by atoms with van der Waals surface area (Å²) in [6.07, 6.45) is 1.64. The van der Waals surface area contributed by atoms with Crippen molar-refractivity contribution in [2.75, 3.05) is 25.1 Å². The molecule has 4 rings (SSSR count). The van der Waals surface area contributed by atoms with Crippen LogP contribution in [0.3, 0.4) is 0 Å². The number of hydrogen-bond donors (Lipinski definition) is 1. The van der Waals surface area contributed by atoms with E-state index in [2.05, 4.69) is 11.0 Å². The van der Waals surface area contributed by atoms with Crippen LogP contribution in [0.4, 0.5) is 10.1 Å². The summed E-state index contributed by atoms with van der Waals surface area (Å²) in [5.41, 5.74) is 9.81. The van der Waals surface area contributed by atoms with Crippen LogP contribution in [-0.2, 0) is 7.05 Å². The lowest BCUT2D eigenvalue weighted by molar-refractivity contribution is 0.386. The second-order valence-corrected chi connectivity index (χ2v) is 8.02. The van der Waals surface area contributed by atoms with E-state index in [-0.39, 0.29) is 17.4 Å². The molecule has 0 bridgehead atoms. The van der Waals surface area contributed by atoms with Crippen molar-refractivity contribution in [3.63, 3.8) is 0 Å². The quantitative estimate of drug-likeness (QED) is 0.680. The standard InChI is InChI=1S/C25H25FN4O2/c1-29-24(18-7-8-23(32-2)21(26)13-18)20(17-5-3-16(15-27)4-6-17)14-22(25(29)31)30-11-9-19(28)10-12-30/h3-8,13-14,19H,9-12,28H2,1-2H3. The zero-order valence-electron chi connectivity index (χ0n) is 18.1. The maximum absolute atomic E-state index is 14.5. The number of anilines is 1. The van der Waals surface area contributed by atoms with Crippen LogP contribution in [0.5, 0.6) is 5.75 Å². The summed E-state index contributed by atoms with van der Waals surface area (Å²) < 4.78 is 21.2. The molecule has 7 heteroatoms. The molecule has 1 saturated heterocycles. The second-order valence-electron chi connectivity index (χ2n) is 8.02. The number of rotatable bonds is 4. The van der Waals surface area contributed by atoms with E-state index in [1.807, 2.05) is 18.2 Å². The number of nitrogens with two attached hydrogens (primary N) is 1. The normalized spacial score (nSPS) is 14.3. The molecule has 164 valence electrons. The molecule has 0 radical (unpaired) electrons. The number of halogens is 1. The third kappa shape index (κ3) is 3.97. The van der Waals surface area contributed by atoms with Gasteiger partial charge in [-0.05, 0) is 54.8 Å². The molecule has 1 fully saturated rings. The van der Waals surface area contributed by atoms with E-state index in [1.165, 1.54) is 13.2 Å². The summed E-state index contributed by atoms with van der Waals surface area (Å²) in [7, 11) is 3.11. The Bertz CT molecular complexity index is 1240. The van der Waals surface area contributed by atoms with Gasteiger partial charge in [-0.3, -0.25) is 4.79 Å². The van der Waals surface area contributed by atoms with E-state index in [4.69, 9.17) is 15.7 Å². The first-order chi connectivity index (χ1) is 15.4. The Balaban J connectivity index is 1.93. The van der Waals surface area contributed by atoms with Gasteiger partial charge in [0.1, 0.15) is 5.69 Å². The first-order valence-corrected chi connectivity index (χ1v) is 10.5. The van der Waals surface area contributed by atoms with E-state index >= 15 is 0 Å². The Labute approximate surface area is 186 Å². The predicted octanol–water partition coefficient (Wildman–Crippen LogP) is 3.67. The van der Waals surface area contributed by atoms with Gasteiger partial charge in [0.2, 0.25) is 0 Å². The molecule has 2 N–H and O–H groups in total. The van der Waals surface area contributed by atoms with Crippen molar-refractivity contribution < 1.29 is 9.13 Å². The SMILES string of the molecule is COc1ccc(-c2c(-c3ccc(C#N)cc3)cc(N3CCC(N)CC3)c(=O)n2C)cc1F. The highest BCUT2D eigenvalue weighted by atomic mass is 19.1. The van der Waals surface area contributed by atoms with Crippen LogP contribution in [0.25, 0.3) is 22.4 Å². The van der Waals surface area contributed by atoms with Gasteiger partial charge in [-0.2, -0.15) is 5.26 Å². The molecule has 0 amide bonds. The van der Waals surface area contributed by atoms with Gasteiger partial charge < -0.3 is 19.9 Å². The van der Waals surface area contributed by atoms with E-state index in [0.29, 0.717) is 35.6 Å². The monoisotopic (exact) mass is 432 g/mol. The highest BCUT2D eigenvalue weighted by Crippen LogP contribution is 2.35. The summed E-state index contributed by atoms with van der Waals surface area (Å²) in [6.45, 7) is 1.42. The molecule has 1 aliphatic rings. The van der Waals surface area contributed by atoms with Gasteiger partial charge >= 0.3 is 0 Å². The number of ether oxygens (including phenoxy) is 1. The average molecular weight is 432 g/mol. The largest absolute Gasteiger partial charge is 0.494 e. The Hall–Kier alpha value is -3.63. The molecule has 0 atom stereocenters. The number of piperidine rings is 1. The van der Waals surface area contributed by atoms with Crippen LogP contribution in [0.15, 0.2) is 53.3 Å². The third-order valence-corrected chi connectivity index (χ3v) is 6.03. The van der Waals surface area contributed by atoms with Crippen LogP contribution < -0.4 is 20.9 Å². The maximum Gasteiger partial charge on any atom is 0.274 e. The number of pyridine rings is 1. The van der Waals surface area contributed by atoms with E-state index in [1.54, 1.807) is 35.9 Å². The predicted molar refractivity (Wildman–Crippen MR) is 123 cm³/mol. The average Bonchev–Trinajstić information content (AvgIpc) is 2.81. The minimum absolute atomic E-state index is 0.139. The summed E-state index contributed by atoms with van der Waals surface area (Å²) in [5.74, 6) is -0.364. The highest BCUT2D eigenvalue weighted by molar-refractivity contribution is 5.84. The minimum Gasteiger partial charge on any atom is -0.494 e. The van der Waals surface area contributed by atoms with E-state index in [0.717, 1.165) is 24.0 Å². The van der Waals surface area contributed by atoms with Crippen LogP contribution in [0, 0.1) is 17.1 Å². The molecule has 2 heterocycles. The summed E-state index contributed by atoms with van der Waals surface area (Å²) in [4.78, 5) is 15.4. The van der Waals surface area contributed by atoms with Crippen molar-refractivity contribution in [3.8, 4) is 34.2 Å². The lowest BCUT2D eigenvalue weighted by Crippen LogP contribution is -2.42. The molecule has 0 unspecified atom stereocenters. The molecule has 32 heavy (non-hydrogen) atoms. The summed E-state index contributed by atoms with van der Waals surface area (Å²) in [5, 5.41) is 9.16. The Kier molecular flexibility index (Phi) is 5.97. The number of nitriles is 1. The van der Waals surface area contributed by atoms with Gasteiger partial charge in [0.25, 0.3) is 5.56 Å². The Morgan fingerprint density at radius 3 is 2.34 bits per heavy atom. The van der Waals surface area contributed by atoms with Crippen molar-refractivity contribution in [3.05, 3.63) is 70.3 Å². The number of methoxy groups -OCH3 is 1. The molecular weight excluding hydrogens is 407 g/mol. The van der Waals surface area contributed by atoms with Crippen LogP contribution in [-0.4, -0.2) is 30.8 Å². The van der Waals surface area contributed by atoms with Crippen molar-refractivity contribution in [1.29, 1.82) is 5.26 Å². The highest BCUT2D eigenvalue weighted by Gasteiger charge is 2.23. The van der Waals surface area contributed by atoms with Gasteiger partial charge in [0.05, 0.1) is 24.4 Å². The van der Waals surface area contributed by atoms with Gasteiger partial charge in [-0.1, -0.05) is 12.1 Å². The zero-order chi connectivity index (χ0) is 22.8. The molecule has 3 aromatic rings. The molecule has 1 aromatic heterocycles. The summed E-state index contributed by atoms with van der Waals surface area (Å²) in [6, 6.07) is 16.0. The molecular formula is C25H25FN4O2. The zero-order valence-corrected chi connectivity index (χ0v) is 18.1. The number of hydrogen-bond acceptors (Lipinski definition) is 5. The first kappa shape index (κ1) is 21.6. The first-order valence-electron chi connectivity index (χ1n) is 10.5. The van der Waals surface area contributed by atoms with Crippen LogP contribution in [0.2, 0.25) is 0 Å². The fraction of sp³-hybridized carbons (Fsp3) is 0.280. The molecule has 0 aliphatic carbocycles. The van der Waals surface area contributed by atoms with Crippen LogP contribution in [0.1, 0.15) is 18.4 Å². The van der Waals surface area contributed by atoms with Crippen molar-refractivity contribution in [2.45, 2.75) is 18.9 Å². The second kappa shape index (κ2) is 8.85. The fourth-order valence-corrected chi connectivity index (χ4v) is 4.19. The van der Waals surface area contributed by atoms with Crippen molar-refractivity contribution in [1.82, 2.24) is 4.57 Å². The minimum atomic E-state index is -0.502. The number of aromatic nitrogens is 1. The molecule has 6 nitrogen and oxygen atoms in total. The molecule has 0 spiro atoms. The maximum atomic E-state index is 14.5. The molecule has 0 saturated carbocycles. The van der Waals surface area contributed by atoms with E-state index in [9.17, 15) is 9.18 Å². The lowest BCUT2D eigenvalue weighted by Gasteiger charge is -2.32. The van der Waals surface area contributed by atoms with Crippen molar-refractivity contribution >= 4 is 5.69 Å². The fourth-order valence-electron chi connectivity index (χ4n) is 4.19. The summed E-state index contributed by atoms with van der Waals surface area (Å²) >= 11 is 0. The van der Waals surface area contributed by atoms with Gasteiger partial charge in [0, 0.05) is 37.3 Å². The smallest absolute Gasteiger partial charge is 0.274 e. The van der Waals surface area contributed by atoms with Gasteiger partial charge in [0.15, 0.2) is 11.6 Å². The topological polar surface area (TPSA) is 84.3 Å². The molecule has 1 aliphatic heterocycles. The van der Waals surface area contributed by atoms with Crippen molar-refractivity contribution in [2.24, 2.45) is 12.8 Å².